The first-order valence-electron chi connectivity index (χ1n) is 6.99. The van der Waals surface area contributed by atoms with Crippen LogP contribution in [-0.2, 0) is 4.79 Å². The molecule has 1 aromatic rings. The van der Waals surface area contributed by atoms with Crippen molar-refractivity contribution in [3.8, 4) is 5.75 Å². The molecule has 0 radical (unpaired) electrons. The van der Waals surface area contributed by atoms with E-state index < -0.39 is 5.54 Å². The van der Waals surface area contributed by atoms with E-state index in [1.807, 2.05) is 19.1 Å². The fourth-order valence-electron chi connectivity index (χ4n) is 2.46. The molecule has 1 aliphatic rings. The molecule has 1 unspecified atom stereocenters. The molecule has 0 aliphatic heterocycles. The fourth-order valence-corrected chi connectivity index (χ4v) is 2.64. The molecule has 4 nitrogen and oxygen atoms in total. The predicted octanol–water partition coefficient (Wildman–Crippen LogP) is 2.92. The quantitative estimate of drug-likeness (QED) is 0.871. The van der Waals surface area contributed by atoms with Gasteiger partial charge >= 0.3 is 0 Å². The number of halogens is 2. The highest BCUT2D eigenvalue weighted by Crippen LogP contribution is 2.27. The summed E-state index contributed by atoms with van der Waals surface area (Å²) in [5, 5.41) is 3.51. The molecule has 118 valence electrons. The van der Waals surface area contributed by atoms with Crippen molar-refractivity contribution in [2.45, 2.75) is 44.2 Å². The number of carbonyl (C=O) groups excluding carboxylic acids is 1. The van der Waals surface area contributed by atoms with Crippen LogP contribution in [0.2, 0.25) is 5.02 Å². The van der Waals surface area contributed by atoms with Crippen LogP contribution in [0.5, 0.6) is 5.75 Å². The predicted molar refractivity (Wildman–Crippen MR) is 87.2 cm³/mol. The molecule has 1 amide bonds. The van der Waals surface area contributed by atoms with Crippen molar-refractivity contribution < 1.29 is 9.53 Å². The maximum Gasteiger partial charge on any atom is 0.240 e. The molecule has 1 atom stereocenters. The van der Waals surface area contributed by atoms with Crippen LogP contribution < -0.4 is 15.8 Å². The smallest absolute Gasteiger partial charge is 0.240 e. The normalized spacial score (nSPS) is 17.7. The van der Waals surface area contributed by atoms with Gasteiger partial charge in [0.1, 0.15) is 11.9 Å². The summed E-state index contributed by atoms with van der Waals surface area (Å²) in [7, 11) is 0. The van der Waals surface area contributed by atoms with Crippen LogP contribution in [0.15, 0.2) is 24.3 Å². The number of hydrogen-bond donors (Lipinski definition) is 2. The van der Waals surface area contributed by atoms with Crippen LogP contribution in [0.3, 0.4) is 0 Å². The second kappa shape index (κ2) is 7.87. The Hall–Kier alpha value is -0.970. The Bertz CT molecular complexity index is 476. The monoisotopic (exact) mass is 332 g/mol. The van der Waals surface area contributed by atoms with Crippen LogP contribution in [0.1, 0.15) is 32.6 Å². The average molecular weight is 333 g/mol. The molecule has 3 N–H and O–H groups in total. The van der Waals surface area contributed by atoms with Gasteiger partial charge in [-0.3, -0.25) is 4.79 Å². The Morgan fingerprint density at radius 1 is 1.48 bits per heavy atom. The highest BCUT2D eigenvalue weighted by atomic mass is 35.5. The summed E-state index contributed by atoms with van der Waals surface area (Å²) < 4.78 is 5.70. The number of hydrogen-bond acceptors (Lipinski definition) is 3. The van der Waals surface area contributed by atoms with Crippen molar-refractivity contribution in [1.82, 2.24) is 5.32 Å². The van der Waals surface area contributed by atoms with Gasteiger partial charge in [-0.05, 0) is 38.0 Å². The van der Waals surface area contributed by atoms with E-state index in [-0.39, 0.29) is 24.4 Å². The summed E-state index contributed by atoms with van der Waals surface area (Å²) >= 11 is 5.89. The molecular formula is C15H22Cl2N2O2. The van der Waals surface area contributed by atoms with Crippen LogP contribution in [0, 0.1) is 0 Å². The summed E-state index contributed by atoms with van der Waals surface area (Å²) in [4.78, 5) is 12.1. The van der Waals surface area contributed by atoms with E-state index in [1.54, 1.807) is 12.1 Å². The van der Waals surface area contributed by atoms with Gasteiger partial charge in [-0.25, -0.2) is 0 Å². The van der Waals surface area contributed by atoms with E-state index in [0.717, 1.165) is 25.7 Å². The van der Waals surface area contributed by atoms with E-state index >= 15 is 0 Å². The van der Waals surface area contributed by atoms with Crippen LogP contribution in [0.4, 0.5) is 0 Å². The topological polar surface area (TPSA) is 64.4 Å². The number of benzene rings is 1. The van der Waals surface area contributed by atoms with Crippen molar-refractivity contribution in [3.63, 3.8) is 0 Å². The van der Waals surface area contributed by atoms with E-state index in [4.69, 9.17) is 22.1 Å². The van der Waals surface area contributed by atoms with Gasteiger partial charge in [0.05, 0.1) is 12.1 Å². The van der Waals surface area contributed by atoms with Gasteiger partial charge in [0.15, 0.2) is 0 Å². The number of carbonyl (C=O) groups is 1. The zero-order chi connectivity index (χ0) is 14.6. The van der Waals surface area contributed by atoms with Gasteiger partial charge in [0.2, 0.25) is 5.91 Å². The fraction of sp³-hybridized carbons (Fsp3) is 0.533. The molecule has 6 heteroatoms. The molecule has 0 spiro atoms. The third-order valence-electron chi connectivity index (χ3n) is 3.63. The maximum atomic E-state index is 12.1. The lowest BCUT2D eigenvalue weighted by Gasteiger charge is -2.24. The minimum Gasteiger partial charge on any atom is -0.489 e. The molecule has 1 aliphatic carbocycles. The molecule has 21 heavy (non-hydrogen) atoms. The zero-order valence-electron chi connectivity index (χ0n) is 12.1. The highest BCUT2D eigenvalue weighted by Gasteiger charge is 2.36. The molecule has 1 aromatic carbocycles. The van der Waals surface area contributed by atoms with Gasteiger partial charge in [-0.2, -0.15) is 0 Å². The molecule has 0 aromatic heterocycles. The van der Waals surface area contributed by atoms with Crippen molar-refractivity contribution in [3.05, 3.63) is 29.3 Å². The molecule has 1 fully saturated rings. The van der Waals surface area contributed by atoms with Gasteiger partial charge in [-0.15, -0.1) is 12.4 Å². The Balaban J connectivity index is 0.00000220. The maximum absolute atomic E-state index is 12.1. The highest BCUT2D eigenvalue weighted by molar-refractivity contribution is 6.30. The minimum atomic E-state index is -0.685. The molecule has 2 rings (SSSR count). The SMILES string of the molecule is CC(CNC(=O)C1(N)CCCC1)Oc1cccc(Cl)c1.Cl. The Morgan fingerprint density at radius 2 is 2.14 bits per heavy atom. The summed E-state index contributed by atoms with van der Waals surface area (Å²) in [6.45, 7) is 2.34. The number of nitrogens with two attached hydrogens (primary N) is 1. The van der Waals surface area contributed by atoms with E-state index in [9.17, 15) is 4.79 Å². The van der Waals surface area contributed by atoms with Crippen LogP contribution in [0.25, 0.3) is 0 Å². The molecule has 0 saturated heterocycles. The van der Waals surface area contributed by atoms with Crippen molar-refractivity contribution in [2.75, 3.05) is 6.54 Å². The van der Waals surface area contributed by atoms with Gasteiger partial charge in [0, 0.05) is 5.02 Å². The van der Waals surface area contributed by atoms with Crippen molar-refractivity contribution >= 4 is 29.9 Å². The van der Waals surface area contributed by atoms with E-state index in [1.165, 1.54) is 0 Å². The third-order valence-corrected chi connectivity index (χ3v) is 3.87. The molecule has 1 saturated carbocycles. The number of amides is 1. The average Bonchev–Trinajstić information content (AvgIpc) is 2.84. The van der Waals surface area contributed by atoms with Gasteiger partial charge in [-0.1, -0.05) is 30.5 Å². The lowest BCUT2D eigenvalue weighted by Crippen LogP contribution is -2.53. The number of nitrogens with one attached hydrogen (secondary N) is 1. The first-order chi connectivity index (χ1) is 9.49. The van der Waals surface area contributed by atoms with Gasteiger partial charge in [0.25, 0.3) is 0 Å². The Labute approximate surface area is 136 Å². The van der Waals surface area contributed by atoms with Crippen LogP contribution in [-0.4, -0.2) is 24.1 Å². The standard InChI is InChI=1S/C15H21ClN2O2.ClH/c1-11(20-13-6-4-5-12(16)9-13)10-18-14(19)15(17)7-2-3-8-15;/h4-6,9,11H,2-3,7-8,10,17H2,1H3,(H,18,19);1H. The lowest BCUT2D eigenvalue weighted by molar-refractivity contribution is -0.126. The van der Waals surface area contributed by atoms with Gasteiger partial charge < -0.3 is 15.8 Å². The van der Waals surface area contributed by atoms with Crippen molar-refractivity contribution in [1.29, 1.82) is 0 Å². The first kappa shape index (κ1) is 18.1. The minimum absolute atomic E-state index is 0. The third kappa shape index (κ3) is 5.06. The largest absolute Gasteiger partial charge is 0.489 e. The second-order valence-corrected chi connectivity index (χ2v) is 5.90. The van der Waals surface area contributed by atoms with E-state index in [0.29, 0.717) is 17.3 Å². The molecule has 0 bridgehead atoms. The van der Waals surface area contributed by atoms with Crippen molar-refractivity contribution in [2.24, 2.45) is 5.73 Å². The molecular weight excluding hydrogens is 311 g/mol. The summed E-state index contributed by atoms with van der Waals surface area (Å²) in [6.07, 6.45) is 3.45. The summed E-state index contributed by atoms with van der Waals surface area (Å²) in [5.74, 6) is 0.624. The molecule has 0 heterocycles. The Morgan fingerprint density at radius 3 is 2.76 bits per heavy atom. The lowest BCUT2D eigenvalue weighted by atomic mass is 9.98. The number of rotatable bonds is 5. The summed E-state index contributed by atoms with van der Waals surface area (Å²) in [6, 6.07) is 7.21. The first-order valence-corrected chi connectivity index (χ1v) is 7.37. The van der Waals surface area contributed by atoms with Crippen LogP contribution >= 0.6 is 24.0 Å². The second-order valence-electron chi connectivity index (χ2n) is 5.46. The Kier molecular flexibility index (Phi) is 6.78. The zero-order valence-corrected chi connectivity index (χ0v) is 13.7. The number of ether oxygens (including phenoxy) is 1. The van der Waals surface area contributed by atoms with E-state index in [2.05, 4.69) is 5.32 Å². The summed E-state index contributed by atoms with van der Waals surface area (Å²) in [5.41, 5.74) is 5.41.